The first-order valence-electron chi connectivity index (χ1n) is 5.11. The number of rotatable bonds is 1. The Bertz CT molecular complexity index is 463. The second-order valence-corrected chi connectivity index (χ2v) is 3.71. The zero-order valence-electron chi connectivity index (χ0n) is 9.06. The molecule has 0 atom stereocenters. The van der Waals surface area contributed by atoms with Crippen LogP contribution in [0.3, 0.4) is 0 Å². The number of hydrogen-bond acceptors (Lipinski definition) is 3. The van der Waals surface area contributed by atoms with E-state index in [2.05, 4.69) is 6.07 Å². The molecule has 2 rings (SSSR count). The van der Waals surface area contributed by atoms with Crippen molar-refractivity contribution in [2.75, 3.05) is 24.7 Å². The molecule has 0 unspecified atom stereocenters. The van der Waals surface area contributed by atoms with Gasteiger partial charge in [-0.2, -0.15) is 5.26 Å². The highest BCUT2D eigenvalue weighted by Gasteiger charge is 2.21. The third-order valence-corrected chi connectivity index (χ3v) is 2.60. The summed E-state index contributed by atoms with van der Waals surface area (Å²) in [6, 6.07) is 7.41. The van der Waals surface area contributed by atoms with Crippen molar-refractivity contribution in [2.24, 2.45) is 0 Å². The van der Waals surface area contributed by atoms with Crippen LogP contribution in [0.2, 0.25) is 0 Å². The average molecular weight is 216 g/mol. The number of anilines is 1. The Labute approximate surface area is 94.0 Å². The molecule has 1 heterocycles. The number of carbonyl (C=O) groups excluding carboxylic acids is 1. The molecule has 0 N–H and O–H groups in total. The van der Waals surface area contributed by atoms with Crippen molar-refractivity contribution in [1.29, 1.82) is 5.26 Å². The number of ether oxygens (including phenoxy) is 1. The van der Waals surface area contributed by atoms with Crippen molar-refractivity contribution >= 4 is 11.6 Å². The fourth-order valence-electron chi connectivity index (χ4n) is 1.80. The van der Waals surface area contributed by atoms with Crippen molar-refractivity contribution in [3.8, 4) is 6.07 Å². The molecule has 1 saturated heterocycles. The zero-order chi connectivity index (χ0) is 11.5. The fraction of sp³-hybridized carbons (Fsp3) is 0.333. The maximum atomic E-state index is 11.6. The van der Waals surface area contributed by atoms with Crippen molar-refractivity contribution in [2.45, 2.75) is 6.92 Å². The van der Waals surface area contributed by atoms with Crippen LogP contribution in [0.5, 0.6) is 0 Å². The van der Waals surface area contributed by atoms with Gasteiger partial charge in [-0.3, -0.25) is 4.79 Å². The Morgan fingerprint density at radius 2 is 2.31 bits per heavy atom. The van der Waals surface area contributed by atoms with Crippen molar-refractivity contribution in [3.05, 3.63) is 29.3 Å². The molecular weight excluding hydrogens is 204 g/mol. The predicted octanol–water partition coefficient (Wildman–Crippen LogP) is 1.23. The van der Waals surface area contributed by atoms with Crippen LogP contribution >= 0.6 is 0 Å². The van der Waals surface area contributed by atoms with Crippen LogP contribution in [0.15, 0.2) is 18.2 Å². The maximum Gasteiger partial charge on any atom is 0.253 e. The Morgan fingerprint density at radius 1 is 1.50 bits per heavy atom. The maximum absolute atomic E-state index is 11.6. The number of hydrogen-bond donors (Lipinski definition) is 0. The normalized spacial score (nSPS) is 16.0. The number of benzene rings is 1. The Morgan fingerprint density at radius 3 is 2.94 bits per heavy atom. The van der Waals surface area contributed by atoms with Gasteiger partial charge in [-0.1, -0.05) is 0 Å². The topological polar surface area (TPSA) is 53.3 Å². The third-order valence-electron chi connectivity index (χ3n) is 2.60. The summed E-state index contributed by atoms with van der Waals surface area (Å²) in [5.41, 5.74) is 2.42. The highest BCUT2D eigenvalue weighted by molar-refractivity contribution is 5.95. The van der Waals surface area contributed by atoms with Crippen molar-refractivity contribution < 1.29 is 9.53 Å². The molecule has 1 aliphatic heterocycles. The lowest BCUT2D eigenvalue weighted by molar-refractivity contribution is -0.125. The molecule has 0 saturated carbocycles. The van der Waals surface area contributed by atoms with E-state index in [1.165, 1.54) is 0 Å². The molecule has 1 amide bonds. The Kier molecular flexibility index (Phi) is 2.88. The van der Waals surface area contributed by atoms with Crippen LogP contribution in [-0.2, 0) is 9.53 Å². The molecule has 82 valence electrons. The van der Waals surface area contributed by atoms with Gasteiger partial charge >= 0.3 is 0 Å². The quantitative estimate of drug-likeness (QED) is 0.709. The van der Waals surface area contributed by atoms with Gasteiger partial charge in [-0.25, -0.2) is 0 Å². The molecule has 0 bridgehead atoms. The summed E-state index contributed by atoms with van der Waals surface area (Å²) in [7, 11) is 0. The molecule has 1 aromatic carbocycles. The van der Waals surface area contributed by atoms with Crippen molar-refractivity contribution in [1.82, 2.24) is 0 Å². The number of aryl methyl sites for hydroxylation is 1. The number of morpholine rings is 1. The van der Waals surface area contributed by atoms with Gasteiger partial charge < -0.3 is 9.64 Å². The monoisotopic (exact) mass is 216 g/mol. The third kappa shape index (κ3) is 1.90. The highest BCUT2D eigenvalue weighted by Crippen LogP contribution is 2.22. The molecule has 16 heavy (non-hydrogen) atoms. The van der Waals surface area contributed by atoms with Crippen LogP contribution in [0.4, 0.5) is 5.69 Å². The van der Waals surface area contributed by atoms with E-state index in [1.54, 1.807) is 17.0 Å². The van der Waals surface area contributed by atoms with Crippen LogP contribution in [0.1, 0.15) is 11.1 Å². The van der Waals surface area contributed by atoms with E-state index in [0.29, 0.717) is 18.7 Å². The number of amides is 1. The lowest BCUT2D eigenvalue weighted by Gasteiger charge is -2.28. The summed E-state index contributed by atoms with van der Waals surface area (Å²) in [5.74, 6) is -0.0287. The molecule has 0 aromatic heterocycles. The van der Waals surface area contributed by atoms with Crippen LogP contribution in [-0.4, -0.2) is 25.7 Å². The molecule has 1 aromatic rings. The van der Waals surface area contributed by atoms with Crippen LogP contribution in [0.25, 0.3) is 0 Å². The van der Waals surface area contributed by atoms with E-state index in [1.807, 2.05) is 13.0 Å². The van der Waals surface area contributed by atoms with Gasteiger partial charge in [0.25, 0.3) is 5.91 Å². The summed E-state index contributed by atoms with van der Waals surface area (Å²) < 4.78 is 5.07. The zero-order valence-corrected chi connectivity index (χ0v) is 9.06. The van der Waals surface area contributed by atoms with Crippen LogP contribution < -0.4 is 4.90 Å². The van der Waals surface area contributed by atoms with Gasteiger partial charge in [0.2, 0.25) is 0 Å². The molecule has 1 fully saturated rings. The second-order valence-electron chi connectivity index (χ2n) is 3.71. The fourth-order valence-corrected chi connectivity index (χ4v) is 1.80. The molecule has 4 heteroatoms. The lowest BCUT2D eigenvalue weighted by atomic mass is 10.1. The van der Waals surface area contributed by atoms with Gasteiger partial charge in [-0.05, 0) is 30.7 Å². The Balaban J connectivity index is 2.33. The first-order chi connectivity index (χ1) is 7.72. The second kappa shape index (κ2) is 4.33. The van der Waals surface area contributed by atoms with E-state index >= 15 is 0 Å². The van der Waals surface area contributed by atoms with E-state index < -0.39 is 0 Å². The number of carbonyl (C=O) groups is 1. The summed E-state index contributed by atoms with van der Waals surface area (Å²) in [5, 5.41) is 8.76. The minimum absolute atomic E-state index is 0.0287. The molecular formula is C12H12N2O2. The first-order valence-corrected chi connectivity index (χ1v) is 5.11. The molecule has 4 nitrogen and oxygen atoms in total. The summed E-state index contributed by atoms with van der Waals surface area (Å²) >= 11 is 0. The van der Waals surface area contributed by atoms with Gasteiger partial charge in [0.05, 0.1) is 18.2 Å². The van der Waals surface area contributed by atoms with E-state index in [0.717, 1.165) is 11.3 Å². The molecule has 0 aliphatic carbocycles. The van der Waals surface area contributed by atoms with Gasteiger partial charge in [-0.15, -0.1) is 0 Å². The smallest absolute Gasteiger partial charge is 0.253 e. The van der Waals surface area contributed by atoms with E-state index in [4.69, 9.17) is 10.00 Å². The minimum atomic E-state index is -0.0287. The Hall–Kier alpha value is -1.86. The summed E-state index contributed by atoms with van der Waals surface area (Å²) in [4.78, 5) is 13.3. The van der Waals surface area contributed by atoms with Gasteiger partial charge in [0.15, 0.2) is 0 Å². The SMILES string of the molecule is Cc1cc(C#N)ccc1N1CCOCC1=O. The standard InChI is InChI=1S/C12H12N2O2/c1-9-6-10(7-13)2-3-11(9)14-4-5-16-8-12(14)15/h2-3,6H,4-5,8H2,1H3. The minimum Gasteiger partial charge on any atom is -0.370 e. The summed E-state index contributed by atoms with van der Waals surface area (Å²) in [6.07, 6.45) is 0. The highest BCUT2D eigenvalue weighted by atomic mass is 16.5. The van der Waals surface area contributed by atoms with Gasteiger partial charge in [0, 0.05) is 12.2 Å². The lowest BCUT2D eigenvalue weighted by Crippen LogP contribution is -2.42. The van der Waals surface area contributed by atoms with E-state index in [9.17, 15) is 4.79 Å². The van der Waals surface area contributed by atoms with Gasteiger partial charge in [0.1, 0.15) is 6.61 Å². The van der Waals surface area contributed by atoms with E-state index in [-0.39, 0.29) is 12.5 Å². The molecule has 0 spiro atoms. The summed E-state index contributed by atoms with van der Waals surface area (Å²) in [6.45, 7) is 3.18. The number of nitrogens with zero attached hydrogens (tertiary/aromatic N) is 2. The first kappa shape index (κ1) is 10.7. The predicted molar refractivity (Wildman–Crippen MR) is 59.1 cm³/mol. The number of nitriles is 1. The van der Waals surface area contributed by atoms with Crippen LogP contribution in [0, 0.1) is 18.3 Å². The average Bonchev–Trinajstić information content (AvgIpc) is 2.30. The largest absolute Gasteiger partial charge is 0.370 e. The molecule has 1 aliphatic rings. The molecule has 0 radical (unpaired) electrons. The van der Waals surface area contributed by atoms with Crippen molar-refractivity contribution in [3.63, 3.8) is 0 Å².